The van der Waals surface area contributed by atoms with Crippen molar-refractivity contribution in [3.05, 3.63) is 29.8 Å². The van der Waals surface area contributed by atoms with Crippen LogP contribution in [0.4, 0.5) is 9.28 Å². The van der Waals surface area contributed by atoms with E-state index in [1.165, 1.54) is 24.3 Å². The summed E-state index contributed by atoms with van der Waals surface area (Å²) in [6.45, 7) is 2.34. The standard InChI is InChI=1S/C10H11FN2O3/c1-2-12-9(14)7-3-5-8(6-4-7)16-10(15)13-11/h3-6H,2H2,1H3,(H,12,14)(H,13,15). The van der Waals surface area contributed by atoms with E-state index in [0.29, 0.717) is 12.1 Å². The summed E-state index contributed by atoms with van der Waals surface area (Å²) in [5.41, 5.74) is 1.27. The summed E-state index contributed by atoms with van der Waals surface area (Å²) >= 11 is 0. The Morgan fingerprint density at radius 2 is 1.94 bits per heavy atom. The highest BCUT2D eigenvalue weighted by atomic mass is 19.2. The van der Waals surface area contributed by atoms with Gasteiger partial charge in [-0.1, -0.05) is 4.48 Å². The maximum Gasteiger partial charge on any atom is 0.440 e. The normalized spacial score (nSPS) is 9.38. The molecule has 1 rings (SSSR count). The highest BCUT2D eigenvalue weighted by molar-refractivity contribution is 5.94. The predicted molar refractivity (Wildman–Crippen MR) is 54.7 cm³/mol. The minimum atomic E-state index is -1.20. The van der Waals surface area contributed by atoms with E-state index in [1.807, 2.05) is 0 Å². The molecule has 0 heterocycles. The molecule has 0 aliphatic carbocycles. The molecule has 16 heavy (non-hydrogen) atoms. The zero-order valence-electron chi connectivity index (χ0n) is 8.62. The Hall–Kier alpha value is -2.11. The minimum absolute atomic E-state index is 0.156. The molecule has 2 amide bonds. The fourth-order valence-electron chi connectivity index (χ4n) is 1.06. The van der Waals surface area contributed by atoms with Crippen molar-refractivity contribution in [1.82, 2.24) is 10.9 Å². The largest absolute Gasteiger partial charge is 0.440 e. The van der Waals surface area contributed by atoms with E-state index in [1.54, 1.807) is 6.92 Å². The van der Waals surface area contributed by atoms with E-state index in [-0.39, 0.29) is 11.7 Å². The summed E-state index contributed by atoms with van der Waals surface area (Å²) in [5, 5.41) is 2.61. The number of hydrogen-bond donors (Lipinski definition) is 2. The molecular weight excluding hydrogens is 215 g/mol. The monoisotopic (exact) mass is 226 g/mol. The van der Waals surface area contributed by atoms with Gasteiger partial charge >= 0.3 is 6.09 Å². The summed E-state index contributed by atoms with van der Waals surface area (Å²) in [7, 11) is 0. The molecule has 1 aromatic carbocycles. The molecule has 0 saturated carbocycles. The minimum Gasteiger partial charge on any atom is -0.409 e. The number of halogens is 1. The number of carbonyl (C=O) groups excluding carboxylic acids is 2. The number of ether oxygens (including phenoxy) is 1. The summed E-state index contributed by atoms with van der Waals surface area (Å²) in [6, 6.07) is 5.76. The fourth-order valence-corrected chi connectivity index (χ4v) is 1.06. The number of hydrogen-bond acceptors (Lipinski definition) is 3. The molecule has 0 aromatic heterocycles. The lowest BCUT2D eigenvalue weighted by molar-refractivity contribution is 0.0956. The van der Waals surface area contributed by atoms with Crippen LogP contribution in [-0.2, 0) is 0 Å². The summed E-state index contributed by atoms with van der Waals surface area (Å²) in [4.78, 5) is 21.9. The van der Waals surface area contributed by atoms with Gasteiger partial charge in [0.05, 0.1) is 0 Å². The van der Waals surface area contributed by atoms with Crippen LogP contribution in [0.3, 0.4) is 0 Å². The lowest BCUT2D eigenvalue weighted by Gasteiger charge is -2.04. The van der Waals surface area contributed by atoms with Gasteiger partial charge in [0.25, 0.3) is 5.91 Å². The van der Waals surface area contributed by atoms with Crippen LogP contribution in [0.1, 0.15) is 17.3 Å². The molecular formula is C10H11FN2O3. The van der Waals surface area contributed by atoms with Crippen LogP contribution >= 0.6 is 0 Å². The first kappa shape index (κ1) is 12.0. The van der Waals surface area contributed by atoms with E-state index >= 15 is 0 Å². The van der Waals surface area contributed by atoms with Crippen molar-refractivity contribution in [2.24, 2.45) is 0 Å². The maximum absolute atomic E-state index is 11.6. The summed E-state index contributed by atoms with van der Waals surface area (Å²) < 4.78 is 16.1. The molecule has 0 unspecified atom stereocenters. The first-order chi connectivity index (χ1) is 7.67. The molecule has 0 atom stereocenters. The molecule has 0 bridgehead atoms. The van der Waals surface area contributed by atoms with Crippen LogP contribution in [0.2, 0.25) is 0 Å². The number of nitrogens with one attached hydrogen (secondary N) is 2. The zero-order valence-corrected chi connectivity index (χ0v) is 8.62. The fraction of sp³-hybridized carbons (Fsp3) is 0.200. The van der Waals surface area contributed by atoms with Crippen LogP contribution < -0.4 is 15.6 Å². The molecule has 86 valence electrons. The third-order valence-electron chi connectivity index (χ3n) is 1.74. The van der Waals surface area contributed by atoms with Gasteiger partial charge in [-0.25, -0.2) is 4.79 Å². The second-order valence-electron chi connectivity index (χ2n) is 2.87. The van der Waals surface area contributed by atoms with E-state index in [9.17, 15) is 14.1 Å². The Balaban J connectivity index is 2.67. The van der Waals surface area contributed by atoms with Crippen molar-refractivity contribution in [2.45, 2.75) is 6.92 Å². The number of amides is 2. The molecule has 0 aliphatic heterocycles. The molecule has 0 spiro atoms. The van der Waals surface area contributed by atoms with Crippen molar-refractivity contribution in [1.29, 1.82) is 0 Å². The molecule has 0 fully saturated rings. The molecule has 0 saturated heterocycles. The molecule has 0 radical (unpaired) electrons. The average Bonchev–Trinajstić information content (AvgIpc) is 2.30. The highest BCUT2D eigenvalue weighted by Gasteiger charge is 2.06. The van der Waals surface area contributed by atoms with Crippen molar-refractivity contribution in [3.8, 4) is 5.75 Å². The van der Waals surface area contributed by atoms with Crippen LogP contribution in [0, 0.1) is 0 Å². The first-order valence-electron chi connectivity index (χ1n) is 4.64. The Morgan fingerprint density at radius 3 is 2.44 bits per heavy atom. The smallest absolute Gasteiger partial charge is 0.409 e. The molecule has 6 heteroatoms. The van der Waals surface area contributed by atoms with Gasteiger partial charge in [-0.15, -0.1) is 0 Å². The SMILES string of the molecule is CCNC(=O)c1ccc(OC(=O)NF)cc1. The Bertz CT molecular complexity index is 378. The maximum atomic E-state index is 11.6. The van der Waals surface area contributed by atoms with Gasteiger partial charge in [0.15, 0.2) is 0 Å². The van der Waals surface area contributed by atoms with Crippen LogP contribution in [0.25, 0.3) is 0 Å². The Kier molecular flexibility index (Phi) is 4.26. The molecule has 2 N–H and O–H groups in total. The lowest BCUT2D eigenvalue weighted by atomic mass is 10.2. The number of rotatable bonds is 3. The average molecular weight is 226 g/mol. The van der Waals surface area contributed by atoms with Gasteiger partial charge in [0.2, 0.25) is 0 Å². The lowest BCUT2D eigenvalue weighted by Crippen LogP contribution is -2.22. The van der Waals surface area contributed by atoms with Crippen LogP contribution in [0.5, 0.6) is 5.75 Å². The van der Waals surface area contributed by atoms with Crippen molar-refractivity contribution in [3.63, 3.8) is 0 Å². The Morgan fingerprint density at radius 1 is 1.31 bits per heavy atom. The van der Waals surface area contributed by atoms with Gasteiger partial charge in [-0.05, 0) is 31.2 Å². The van der Waals surface area contributed by atoms with E-state index in [0.717, 1.165) is 5.54 Å². The third-order valence-corrected chi connectivity index (χ3v) is 1.74. The van der Waals surface area contributed by atoms with Crippen molar-refractivity contribution < 1.29 is 18.8 Å². The van der Waals surface area contributed by atoms with Gasteiger partial charge < -0.3 is 10.1 Å². The number of benzene rings is 1. The topological polar surface area (TPSA) is 67.4 Å². The van der Waals surface area contributed by atoms with Gasteiger partial charge in [-0.2, -0.15) is 5.54 Å². The van der Waals surface area contributed by atoms with Crippen LogP contribution in [-0.4, -0.2) is 18.5 Å². The predicted octanol–water partition coefficient (Wildman–Crippen LogP) is 1.41. The number of carbonyl (C=O) groups is 2. The zero-order chi connectivity index (χ0) is 12.0. The van der Waals surface area contributed by atoms with E-state index in [2.05, 4.69) is 10.1 Å². The van der Waals surface area contributed by atoms with Crippen molar-refractivity contribution >= 4 is 12.0 Å². The Labute approximate surface area is 91.5 Å². The molecule has 5 nitrogen and oxygen atoms in total. The van der Waals surface area contributed by atoms with Crippen LogP contribution in [0.15, 0.2) is 24.3 Å². The van der Waals surface area contributed by atoms with Gasteiger partial charge in [0.1, 0.15) is 5.75 Å². The summed E-state index contributed by atoms with van der Waals surface area (Å²) in [6.07, 6.45) is -1.20. The third kappa shape index (κ3) is 3.23. The second kappa shape index (κ2) is 5.69. The van der Waals surface area contributed by atoms with Gasteiger partial charge in [-0.3, -0.25) is 4.79 Å². The second-order valence-corrected chi connectivity index (χ2v) is 2.87. The highest BCUT2D eigenvalue weighted by Crippen LogP contribution is 2.12. The molecule has 1 aromatic rings. The van der Waals surface area contributed by atoms with Gasteiger partial charge in [0, 0.05) is 12.1 Å². The first-order valence-corrected chi connectivity index (χ1v) is 4.64. The quantitative estimate of drug-likeness (QED) is 0.766. The van der Waals surface area contributed by atoms with E-state index in [4.69, 9.17) is 0 Å². The van der Waals surface area contributed by atoms with E-state index < -0.39 is 6.09 Å². The molecule has 0 aliphatic rings. The van der Waals surface area contributed by atoms with Crippen molar-refractivity contribution in [2.75, 3.05) is 6.54 Å². The summed E-state index contributed by atoms with van der Waals surface area (Å²) in [5.74, 6) is -0.0628.